The highest BCUT2D eigenvalue weighted by atomic mass is 19.1. The molecule has 6 heteroatoms. The van der Waals surface area contributed by atoms with E-state index in [-0.39, 0.29) is 11.7 Å². The van der Waals surface area contributed by atoms with Gasteiger partial charge in [-0.25, -0.2) is 9.07 Å². The number of carbonyl (C=O) groups is 1. The number of amides is 1. The van der Waals surface area contributed by atoms with Crippen molar-refractivity contribution in [3.05, 3.63) is 47.0 Å². The summed E-state index contributed by atoms with van der Waals surface area (Å²) in [6.07, 6.45) is 3.75. The molecule has 0 radical (unpaired) electrons. The topological polar surface area (TPSA) is 50.2 Å². The van der Waals surface area contributed by atoms with Gasteiger partial charge in [-0.1, -0.05) is 0 Å². The summed E-state index contributed by atoms with van der Waals surface area (Å²) in [4.78, 5) is 13.8. The Morgan fingerprint density at radius 2 is 1.96 bits per heavy atom. The second-order valence-corrected chi connectivity index (χ2v) is 6.49. The van der Waals surface area contributed by atoms with Crippen molar-refractivity contribution in [3.8, 4) is 5.69 Å². The highest BCUT2D eigenvalue weighted by Gasteiger charge is 2.25. The molecule has 1 aromatic heterocycles. The quantitative estimate of drug-likeness (QED) is 0.935. The van der Waals surface area contributed by atoms with Crippen LogP contribution < -0.4 is 5.32 Å². The Kier molecular flexibility index (Phi) is 4.06. The maximum absolute atomic E-state index is 13.2. The second-order valence-electron chi connectivity index (χ2n) is 6.49. The molecule has 0 atom stereocenters. The fourth-order valence-electron chi connectivity index (χ4n) is 3.62. The van der Waals surface area contributed by atoms with E-state index in [2.05, 4.69) is 10.2 Å². The second kappa shape index (κ2) is 6.36. The summed E-state index contributed by atoms with van der Waals surface area (Å²) < 4.78 is 15.2. The zero-order valence-corrected chi connectivity index (χ0v) is 13.6. The number of fused-ring (bicyclic) bond motifs is 1. The highest BCUT2D eigenvalue weighted by Crippen LogP contribution is 2.28. The van der Waals surface area contributed by atoms with Gasteiger partial charge in [0, 0.05) is 38.3 Å². The molecule has 126 valence electrons. The third-order valence-electron chi connectivity index (χ3n) is 4.86. The Balaban J connectivity index is 1.61. The van der Waals surface area contributed by atoms with Crippen LogP contribution in [0.3, 0.4) is 0 Å². The molecule has 0 spiro atoms. The molecule has 1 aliphatic heterocycles. The summed E-state index contributed by atoms with van der Waals surface area (Å²) in [5, 5.41) is 7.73. The van der Waals surface area contributed by atoms with Crippen LogP contribution in [-0.4, -0.2) is 40.2 Å². The Morgan fingerprint density at radius 1 is 1.12 bits per heavy atom. The number of nitrogens with zero attached hydrogens (tertiary/aromatic N) is 3. The molecule has 2 aliphatic rings. The molecule has 0 bridgehead atoms. The molecule has 24 heavy (non-hydrogen) atoms. The SMILES string of the molecule is O=C1CCN(Cc2nn(-c3ccc(F)cc3)c3c2CCC3)CCN1. The smallest absolute Gasteiger partial charge is 0.221 e. The van der Waals surface area contributed by atoms with Gasteiger partial charge in [-0.3, -0.25) is 9.69 Å². The van der Waals surface area contributed by atoms with Crippen molar-refractivity contribution in [1.82, 2.24) is 20.0 Å². The standard InChI is InChI=1S/C18H21FN4O/c19-13-4-6-14(7-5-13)23-17-3-1-2-15(17)16(21-23)12-22-10-8-18(24)20-9-11-22/h4-7H,1-3,8-12H2,(H,20,24). The summed E-state index contributed by atoms with van der Waals surface area (Å²) in [7, 11) is 0. The van der Waals surface area contributed by atoms with E-state index in [4.69, 9.17) is 5.10 Å². The van der Waals surface area contributed by atoms with E-state index in [0.717, 1.165) is 50.3 Å². The molecule has 1 aliphatic carbocycles. The van der Waals surface area contributed by atoms with Crippen LogP contribution in [0, 0.1) is 5.82 Å². The van der Waals surface area contributed by atoms with Crippen molar-refractivity contribution in [3.63, 3.8) is 0 Å². The number of rotatable bonds is 3. The molecule has 1 fully saturated rings. The minimum Gasteiger partial charge on any atom is -0.355 e. The summed E-state index contributed by atoms with van der Waals surface area (Å²) in [5.41, 5.74) is 4.60. The summed E-state index contributed by atoms with van der Waals surface area (Å²) in [5.74, 6) is -0.107. The summed E-state index contributed by atoms with van der Waals surface area (Å²) >= 11 is 0. The Morgan fingerprint density at radius 3 is 2.79 bits per heavy atom. The van der Waals surface area contributed by atoms with Gasteiger partial charge in [0.2, 0.25) is 5.91 Å². The van der Waals surface area contributed by atoms with E-state index in [1.54, 1.807) is 12.1 Å². The molecule has 1 saturated heterocycles. The van der Waals surface area contributed by atoms with Crippen LogP contribution in [-0.2, 0) is 24.2 Å². The van der Waals surface area contributed by atoms with Gasteiger partial charge in [-0.2, -0.15) is 5.10 Å². The monoisotopic (exact) mass is 328 g/mol. The first kappa shape index (κ1) is 15.3. The summed E-state index contributed by atoms with van der Waals surface area (Å²) in [6, 6.07) is 6.51. The molecule has 5 nitrogen and oxygen atoms in total. The number of hydrogen-bond donors (Lipinski definition) is 1. The lowest BCUT2D eigenvalue weighted by atomic mass is 10.2. The van der Waals surface area contributed by atoms with Gasteiger partial charge in [-0.05, 0) is 49.1 Å². The van der Waals surface area contributed by atoms with E-state index in [1.165, 1.54) is 23.4 Å². The number of halogens is 1. The van der Waals surface area contributed by atoms with Crippen LogP contribution >= 0.6 is 0 Å². The number of hydrogen-bond acceptors (Lipinski definition) is 3. The molecular formula is C18H21FN4O. The molecule has 2 heterocycles. The van der Waals surface area contributed by atoms with Crippen LogP contribution in [0.5, 0.6) is 0 Å². The van der Waals surface area contributed by atoms with Crippen molar-refractivity contribution >= 4 is 5.91 Å². The number of carbonyl (C=O) groups excluding carboxylic acids is 1. The Bertz CT molecular complexity index is 753. The lowest BCUT2D eigenvalue weighted by Crippen LogP contribution is -2.28. The van der Waals surface area contributed by atoms with Gasteiger partial charge >= 0.3 is 0 Å². The zero-order valence-electron chi connectivity index (χ0n) is 13.6. The van der Waals surface area contributed by atoms with Gasteiger partial charge in [0.05, 0.1) is 11.4 Å². The minimum absolute atomic E-state index is 0.125. The normalized spacial score (nSPS) is 18.3. The first-order chi connectivity index (χ1) is 11.7. The van der Waals surface area contributed by atoms with E-state index < -0.39 is 0 Å². The molecule has 2 aromatic rings. The Hall–Kier alpha value is -2.21. The molecule has 0 unspecified atom stereocenters. The fourth-order valence-corrected chi connectivity index (χ4v) is 3.62. The minimum atomic E-state index is -0.232. The molecule has 4 rings (SSSR count). The average molecular weight is 328 g/mol. The van der Waals surface area contributed by atoms with Crippen molar-refractivity contribution in [2.75, 3.05) is 19.6 Å². The summed E-state index contributed by atoms with van der Waals surface area (Å²) in [6.45, 7) is 3.08. The van der Waals surface area contributed by atoms with Crippen LogP contribution in [0.2, 0.25) is 0 Å². The Labute approximate surface area is 140 Å². The van der Waals surface area contributed by atoms with Gasteiger partial charge in [0.15, 0.2) is 0 Å². The predicted molar refractivity (Wildman–Crippen MR) is 88.5 cm³/mol. The molecule has 1 N–H and O–H groups in total. The average Bonchev–Trinajstić information content (AvgIpc) is 3.11. The lowest BCUT2D eigenvalue weighted by molar-refractivity contribution is -0.120. The predicted octanol–water partition coefficient (Wildman–Crippen LogP) is 1.82. The maximum atomic E-state index is 13.2. The molecular weight excluding hydrogens is 307 g/mol. The first-order valence-electron chi connectivity index (χ1n) is 8.55. The third kappa shape index (κ3) is 2.94. The number of nitrogens with one attached hydrogen (secondary N) is 1. The lowest BCUT2D eigenvalue weighted by Gasteiger charge is -2.18. The number of aromatic nitrogens is 2. The van der Waals surface area contributed by atoms with Crippen molar-refractivity contribution < 1.29 is 9.18 Å². The molecule has 0 saturated carbocycles. The maximum Gasteiger partial charge on any atom is 0.221 e. The van der Waals surface area contributed by atoms with Gasteiger partial charge in [0.1, 0.15) is 5.82 Å². The molecule has 1 aromatic carbocycles. The third-order valence-corrected chi connectivity index (χ3v) is 4.86. The van der Waals surface area contributed by atoms with Crippen molar-refractivity contribution in [1.29, 1.82) is 0 Å². The van der Waals surface area contributed by atoms with Crippen LogP contribution in [0.1, 0.15) is 29.8 Å². The number of benzene rings is 1. The first-order valence-corrected chi connectivity index (χ1v) is 8.55. The van der Waals surface area contributed by atoms with E-state index in [1.807, 2.05) is 4.68 Å². The van der Waals surface area contributed by atoms with Gasteiger partial charge in [-0.15, -0.1) is 0 Å². The van der Waals surface area contributed by atoms with Crippen molar-refractivity contribution in [2.24, 2.45) is 0 Å². The molecule has 1 amide bonds. The van der Waals surface area contributed by atoms with E-state index >= 15 is 0 Å². The van der Waals surface area contributed by atoms with Gasteiger partial charge < -0.3 is 5.32 Å². The van der Waals surface area contributed by atoms with Crippen LogP contribution in [0.4, 0.5) is 4.39 Å². The van der Waals surface area contributed by atoms with Gasteiger partial charge in [0.25, 0.3) is 0 Å². The highest BCUT2D eigenvalue weighted by molar-refractivity contribution is 5.76. The van der Waals surface area contributed by atoms with E-state index in [9.17, 15) is 9.18 Å². The van der Waals surface area contributed by atoms with Crippen LogP contribution in [0.25, 0.3) is 5.69 Å². The largest absolute Gasteiger partial charge is 0.355 e. The van der Waals surface area contributed by atoms with Crippen molar-refractivity contribution in [2.45, 2.75) is 32.2 Å². The van der Waals surface area contributed by atoms with E-state index in [0.29, 0.717) is 13.0 Å². The zero-order chi connectivity index (χ0) is 16.5. The van der Waals surface area contributed by atoms with Crippen LogP contribution in [0.15, 0.2) is 24.3 Å². The fraction of sp³-hybridized carbons (Fsp3) is 0.444.